The van der Waals surface area contributed by atoms with Crippen molar-refractivity contribution in [1.82, 2.24) is 15.1 Å². The highest BCUT2D eigenvalue weighted by Crippen LogP contribution is 2.33. The minimum absolute atomic E-state index is 0.342. The summed E-state index contributed by atoms with van der Waals surface area (Å²) in [7, 11) is 0. The monoisotopic (exact) mass is 315 g/mol. The van der Waals surface area contributed by atoms with Crippen LogP contribution in [0.25, 0.3) is 0 Å². The van der Waals surface area contributed by atoms with Gasteiger partial charge in [0.15, 0.2) is 0 Å². The minimum atomic E-state index is 0.342. The number of nitrogens with one attached hydrogen (secondary N) is 1. The van der Waals surface area contributed by atoms with E-state index in [9.17, 15) is 0 Å². The van der Waals surface area contributed by atoms with Gasteiger partial charge < -0.3 is 5.32 Å². The average Bonchev–Trinajstić information content (AvgIpc) is 2.81. The number of halogens is 1. The number of aryl methyl sites for hydroxylation is 1. The van der Waals surface area contributed by atoms with Gasteiger partial charge in [-0.3, -0.25) is 4.68 Å². The quantitative estimate of drug-likeness (QED) is 0.820. The average molecular weight is 316 g/mol. The lowest BCUT2D eigenvalue weighted by Gasteiger charge is -2.27. The van der Waals surface area contributed by atoms with Crippen LogP contribution in [0.1, 0.15) is 51.3 Å². The maximum atomic E-state index is 6.40. The largest absolute Gasteiger partial charge is 0.309 e. The minimum Gasteiger partial charge on any atom is -0.309 e. The van der Waals surface area contributed by atoms with Gasteiger partial charge in [0.05, 0.1) is 23.0 Å². The van der Waals surface area contributed by atoms with Crippen molar-refractivity contribution in [1.29, 1.82) is 0 Å². The molecule has 5 heteroatoms. The van der Waals surface area contributed by atoms with Gasteiger partial charge in [-0.15, -0.1) is 0 Å². The Labute approximate surface area is 131 Å². The van der Waals surface area contributed by atoms with Gasteiger partial charge in [-0.05, 0) is 49.7 Å². The van der Waals surface area contributed by atoms with Crippen molar-refractivity contribution in [2.75, 3.05) is 18.1 Å². The first kappa shape index (κ1) is 16.2. The van der Waals surface area contributed by atoms with Crippen molar-refractivity contribution < 1.29 is 0 Å². The number of hydrogen-bond donors (Lipinski definition) is 1. The molecule has 2 heterocycles. The highest BCUT2D eigenvalue weighted by molar-refractivity contribution is 7.99. The molecule has 1 aliphatic rings. The van der Waals surface area contributed by atoms with Gasteiger partial charge in [-0.1, -0.05) is 25.4 Å². The summed E-state index contributed by atoms with van der Waals surface area (Å²) in [5.74, 6) is 3.44. The molecule has 1 unspecified atom stereocenters. The van der Waals surface area contributed by atoms with Crippen molar-refractivity contribution >= 4 is 23.4 Å². The Morgan fingerprint density at radius 3 is 2.85 bits per heavy atom. The molecule has 1 saturated heterocycles. The van der Waals surface area contributed by atoms with E-state index in [-0.39, 0.29) is 0 Å². The Morgan fingerprint density at radius 2 is 2.20 bits per heavy atom. The van der Waals surface area contributed by atoms with E-state index in [1.54, 1.807) is 6.20 Å². The van der Waals surface area contributed by atoms with E-state index < -0.39 is 0 Å². The molecule has 114 valence electrons. The summed E-state index contributed by atoms with van der Waals surface area (Å²) >= 11 is 8.49. The molecule has 1 N–H and O–H groups in total. The molecule has 0 aromatic carbocycles. The molecular formula is C15H26ClN3S. The second kappa shape index (κ2) is 8.30. The Balaban J connectivity index is 2.12. The zero-order valence-electron chi connectivity index (χ0n) is 12.6. The Hall–Kier alpha value is -0.190. The zero-order valence-corrected chi connectivity index (χ0v) is 14.1. The molecule has 20 heavy (non-hydrogen) atoms. The fourth-order valence-electron chi connectivity index (χ4n) is 2.96. The van der Waals surface area contributed by atoms with Crippen molar-refractivity contribution in [2.24, 2.45) is 5.92 Å². The standard InChI is InChI=1S/C15H26ClN3S/c1-3-7-19-15(13(16)11-18-19)14(17-4-2)10-12-5-8-20-9-6-12/h11-12,14,17H,3-10H2,1-2H3. The van der Waals surface area contributed by atoms with Gasteiger partial charge in [0.2, 0.25) is 0 Å². The molecule has 0 saturated carbocycles. The highest BCUT2D eigenvalue weighted by atomic mass is 35.5. The van der Waals surface area contributed by atoms with Gasteiger partial charge in [0.25, 0.3) is 0 Å². The first-order valence-corrected chi connectivity index (χ1v) is 9.31. The lowest BCUT2D eigenvalue weighted by molar-refractivity contribution is 0.357. The molecular weight excluding hydrogens is 290 g/mol. The Bertz CT molecular complexity index is 402. The second-order valence-electron chi connectivity index (χ2n) is 5.50. The topological polar surface area (TPSA) is 29.9 Å². The van der Waals surface area contributed by atoms with Crippen LogP contribution in [0.3, 0.4) is 0 Å². The van der Waals surface area contributed by atoms with Crippen LogP contribution in [-0.2, 0) is 6.54 Å². The lowest BCUT2D eigenvalue weighted by atomic mass is 9.92. The number of hydrogen-bond acceptors (Lipinski definition) is 3. The maximum absolute atomic E-state index is 6.40. The fraction of sp³-hybridized carbons (Fsp3) is 0.800. The van der Waals surface area contributed by atoms with E-state index in [0.717, 1.165) is 30.5 Å². The van der Waals surface area contributed by atoms with Gasteiger partial charge in [-0.25, -0.2) is 0 Å². The van der Waals surface area contributed by atoms with Gasteiger partial charge >= 0.3 is 0 Å². The smallest absolute Gasteiger partial charge is 0.0834 e. The summed E-state index contributed by atoms with van der Waals surface area (Å²) in [6.07, 6.45) is 6.75. The van der Waals surface area contributed by atoms with Gasteiger partial charge in [0, 0.05) is 6.54 Å². The number of nitrogens with zero attached hydrogens (tertiary/aromatic N) is 2. The SMILES string of the molecule is CCCn1ncc(Cl)c1C(CC1CCSCC1)NCC. The Morgan fingerprint density at radius 1 is 1.45 bits per heavy atom. The molecule has 1 fully saturated rings. The second-order valence-corrected chi connectivity index (χ2v) is 7.13. The summed E-state index contributed by atoms with van der Waals surface area (Å²) in [5.41, 5.74) is 1.19. The molecule has 0 amide bonds. The van der Waals surface area contributed by atoms with Crippen molar-refractivity contribution in [2.45, 2.75) is 52.1 Å². The molecule has 1 atom stereocenters. The molecule has 3 nitrogen and oxygen atoms in total. The van der Waals surface area contributed by atoms with Crippen LogP contribution in [0.15, 0.2) is 6.20 Å². The predicted molar refractivity (Wildman–Crippen MR) is 88.6 cm³/mol. The van der Waals surface area contributed by atoms with E-state index in [2.05, 4.69) is 40.7 Å². The zero-order chi connectivity index (χ0) is 14.4. The molecule has 0 bridgehead atoms. The predicted octanol–water partition coefficient (Wildman–Crippen LogP) is 4.13. The van der Waals surface area contributed by atoms with Crippen molar-refractivity contribution in [3.8, 4) is 0 Å². The van der Waals surface area contributed by atoms with Crippen LogP contribution in [0.4, 0.5) is 0 Å². The number of rotatable bonds is 7. The van der Waals surface area contributed by atoms with Crippen molar-refractivity contribution in [3.05, 3.63) is 16.9 Å². The first-order chi connectivity index (χ1) is 9.76. The van der Waals surface area contributed by atoms with Gasteiger partial charge in [0.1, 0.15) is 0 Å². The number of aromatic nitrogens is 2. The summed E-state index contributed by atoms with van der Waals surface area (Å²) < 4.78 is 2.09. The van der Waals surface area contributed by atoms with Crippen LogP contribution in [-0.4, -0.2) is 27.8 Å². The first-order valence-electron chi connectivity index (χ1n) is 7.78. The highest BCUT2D eigenvalue weighted by Gasteiger charge is 2.24. The summed E-state index contributed by atoms with van der Waals surface area (Å²) in [5, 5.41) is 8.88. The van der Waals surface area contributed by atoms with E-state index in [4.69, 9.17) is 11.6 Å². The van der Waals surface area contributed by atoms with Crippen molar-refractivity contribution in [3.63, 3.8) is 0 Å². The molecule has 1 aromatic rings. The third kappa shape index (κ3) is 4.15. The molecule has 0 aliphatic carbocycles. The normalized spacial score (nSPS) is 18.4. The van der Waals surface area contributed by atoms with E-state index in [1.807, 2.05) is 0 Å². The summed E-state index contributed by atoms with van der Waals surface area (Å²) in [6, 6.07) is 0.342. The third-order valence-corrected chi connectivity index (χ3v) is 5.30. The number of thioether (sulfide) groups is 1. The van der Waals surface area contributed by atoms with E-state index >= 15 is 0 Å². The maximum Gasteiger partial charge on any atom is 0.0834 e. The summed E-state index contributed by atoms with van der Waals surface area (Å²) in [4.78, 5) is 0. The molecule has 1 aromatic heterocycles. The molecule has 0 radical (unpaired) electrons. The summed E-state index contributed by atoms with van der Waals surface area (Å²) in [6.45, 7) is 6.27. The van der Waals surface area contributed by atoms with Gasteiger partial charge in [-0.2, -0.15) is 16.9 Å². The Kier molecular flexibility index (Phi) is 6.72. The molecule has 0 spiro atoms. The van der Waals surface area contributed by atoms with E-state index in [0.29, 0.717) is 6.04 Å². The third-order valence-electron chi connectivity index (χ3n) is 3.96. The fourth-order valence-corrected chi connectivity index (χ4v) is 4.44. The lowest BCUT2D eigenvalue weighted by Crippen LogP contribution is -2.27. The van der Waals surface area contributed by atoms with Crippen LogP contribution >= 0.6 is 23.4 Å². The van der Waals surface area contributed by atoms with Crippen LogP contribution in [0.2, 0.25) is 5.02 Å². The van der Waals surface area contributed by atoms with Crippen LogP contribution in [0.5, 0.6) is 0 Å². The van der Waals surface area contributed by atoms with Crippen LogP contribution in [0, 0.1) is 5.92 Å². The van der Waals surface area contributed by atoms with E-state index in [1.165, 1.54) is 36.5 Å². The molecule has 1 aliphatic heterocycles. The van der Waals surface area contributed by atoms with Crippen LogP contribution < -0.4 is 5.32 Å². The molecule has 2 rings (SSSR count).